The molecule has 2 N–H and O–H groups in total. The lowest BCUT2D eigenvalue weighted by Gasteiger charge is -2.30. The lowest BCUT2D eigenvalue weighted by molar-refractivity contribution is 0.296. The van der Waals surface area contributed by atoms with Crippen LogP contribution in [0.2, 0.25) is 0 Å². The van der Waals surface area contributed by atoms with Gasteiger partial charge in [-0.1, -0.05) is 0 Å². The molecule has 2 heterocycles. The molecule has 0 aromatic carbocycles. The summed E-state index contributed by atoms with van der Waals surface area (Å²) in [4.78, 5) is 6.72. The van der Waals surface area contributed by atoms with E-state index in [2.05, 4.69) is 15.3 Å². The van der Waals surface area contributed by atoms with E-state index in [4.69, 9.17) is 0 Å². The number of hydrogen-bond donors (Lipinski definition) is 2. The SMILES string of the molecule is Cc1ncc(S(=O)(=O)N(C)C2CCNCC2)[nH]1. The van der Waals surface area contributed by atoms with Gasteiger partial charge in [0.25, 0.3) is 10.0 Å². The third-order valence-electron chi connectivity index (χ3n) is 3.16. The van der Waals surface area contributed by atoms with E-state index in [9.17, 15) is 8.42 Å². The summed E-state index contributed by atoms with van der Waals surface area (Å²) in [5.74, 6) is 0.613. The highest BCUT2D eigenvalue weighted by Crippen LogP contribution is 2.19. The molecule has 1 aromatic rings. The van der Waals surface area contributed by atoms with Crippen LogP contribution in [0.25, 0.3) is 0 Å². The van der Waals surface area contributed by atoms with Gasteiger partial charge in [0.05, 0.1) is 6.20 Å². The zero-order valence-electron chi connectivity index (χ0n) is 10.1. The van der Waals surface area contributed by atoms with E-state index in [0.717, 1.165) is 25.9 Å². The molecule has 0 atom stereocenters. The fourth-order valence-electron chi connectivity index (χ4n) is 2.05. The van der Waals surface area contributed by atoms with Crippen LogP contribution in [-0.4, -0.2) is 48.9 Å². The van der Waals surface area contributed by atoms with Gasteiger partial charge in [0.2, 0.25) is 0 Å². The molecule has 1 aliphatic rings. The second kappa shape index (κ2) is 4.75. The number of H-pyrrole nitrogens is 1. The van der Waals surface area contributed by atoms with Gasteiger partial charge in [0, 0.05) is 13.1 Å². The summed E-state index contributed by atoms with van der Waals surface area (Å²) in [5.41, 5.74) is 0. The number of nitrogens with zero attached hydrogens (tertiary/aromatic N) is 2. The minimum absolute atomic E-state index is 0.0739. The first-order valence-electron chi connectivity index (χ1n) is 5.72. The van der Waals surface area contributed by atoms with Gasteiger partial charge in [-0.3, -0.25) is 0 Å². The van der Waals surface area contributed by atoms with Crippen molar-refractivity contribution in [3.05, 3.63) is 12.0 Å². The van der Waals surface area contributed by atoms with Crippen LogP contribution >= 0.6 is 0 Å². The molecule has 17 heavy (non-hydrogen) atoms. The molecule has 1 aliphatic heterocycles. The summed E-state index contributed by atoms with van der Waals surface area (Å²) < 4.78 is 26.0. The zero-order valence-corrected chi connectivity index (χ0v) is 10.9. The molecule has 0 radical (unpaired) electrons. The molecule has 96 valence electrons. The number of imidazole rings is 1. The Kier molecular flexibility index (Phi) is 3.50. The lowest BCUT2D eigenvalue weighted by Crippen LogP contribution is -2.43. The quantitative estimate of drug-likeness (QED) is 0.805. The van der Waals surface area contributed by atoms with Crippen molar-refractivity contribution in [1.29, 1.82) is 0 Å². The predicted molar refractivity (Wildman–Crippen MR) is 64.2 cm³/mol. The van der Waals surface area contributed by atoms with Gasteiger partial charge in [0.15, 0.2) is 5.03 Å². The van der Waals surface area contributed by atoms with Crippen molar-refractivity contribution >= 4 is 10.0 Å². The third-order valence-corrected chi connectivity index (χ3v) is 4.98. The Morgan fingerprint density at radius 2 is 2.06 bits per heavy atom. The highest BCUT2D eigenvalue weighted by Gasteiger charge is 2.30. The fourth-order valence-corrected chi connectivity index (χ4v) is 3.43. The zero-order chi connectivity index (χ0) is 12.5. The third kappa shape index (κ3) is 2.51. The minimum atomic E-state index is -3.43. The average Bonchev–Trinajstić information content (AvgIpc) is 2.77. The Balaban J connectivity index is 2.20. The molecule has 2 rings (SSSR count). The standard InChI is InChI=1S/C10H18N4O2S/c1-8-12-7-10(13-8)17(15,16)14(2)9-3-5-11-6-4-9/h7,9,11H,3-6H2,1-2H3,(H,12,13). The van der Waals surface area contributed by atoms with Crippen molar-refractivity contribution in [3.63, 3.8) is 0 Å². The molecular weight excluding hydrogens is 240 g/mol. The minimum Gasteiger partial charge on any atom is -0.332 e. The van der Waals surface area contributed by atoms with Crippen LogP contribution in [0.1, 0.15) is 18.7 Å². The number of piperidine rings is 1. The van der Waals surface area contributed by atoms with Gasteiger partial charge < -0.3 is 10.3 Å². The Morgan fingerprint density at radius 3 is 2.59 bits per heavy atom. The average molecular weight is 258 g/mol. The second-order valence-electron chi connectivity index (χ2n) is 4.34. The fraction of sp³-hybridized carbons (Fsp3) is 0.700. The van der Waals surface area contributed by atoms with Crippen molar-refractivity contribution in [2.75, 3.05) is 20.1 Å². The first-order chi connectivity index (χ1) is 8.01. The summed E-state index contributed by atoms with van der Waals surface area (Å²) >= 11 is 0. The van der Waals surface area contributed by atoms with Crippen LogP contribution in [0, 0.1) is 6.92 Å². The normalized spacial score (nSPS) is 18.8. The summed E-state index contributed by atoms with van der Waals surface area (Å²) in [6.45, 7) is 3.47. The van der Waals surface area contributed by atoms with Gasteiger partial charge in [-0.2, -0.15) is 4.31 Å². The Hall–Kier alpha value is -0.920. The van der Waals surface area contributed by atoms with Crippen LogP contribution in [-0.2, 0) is 10.0 Å². The van der Waals surface area contributed by atoms with Crippen molar-refractivity contribution in [2.24, 2.45) is 0 Å². The molecule has 0 bridgehead atoms. The van der Waals surface area contributed by atoms with E-state index < -0.39 is 10.0 Å². The molecule has 0 saturated carbocycles. The number of sulfonamides is 1. The highest BCUT2D eigenvalue weighted by atomic mass is 32.2. The lowest BCUT2D eigenvalue weighted by atomic mass is 10.1. The number of hydrogen-bond acceptors (Lipinski definition) is 4. The van der Waals surface area contributed by atoms with Gasteiger partial charge in [0.1, 0.15) is 5.82 Å². The second-order valence-corrected chi connectivity index (χ2v) is 6.30. The predicted octanol–water partition coefficient (Wildman–Crippen LogP) is 0.0906. The maximum atomic E-state index is 12.3. The largest absolute Gasteiger partial charge is 0.332 e. The molecule has 0 amide bonds. The van der Waals surface area contributed by atoms with Crippen molar-refractivity contribution in [3.8, 4) is 0 Å². The summed E-state index contributed by atoms with van der Waals surface area (Å²) in [7, 11) is -1.79. The maximum Gasteiger partial charge on any atom is 0.260 e. The molecule has 0 spiro atoms. The van der Waals surface area contributed by atoms with Crippen molar-refractivity contribution in [1.82, 2.24) is 19.6 Å². The number of aromatic amines is 1. The molecule has 6 nitrogen and oxygen atoms in total. The van der Waals surface area contributed by atoms with Gasteiger partial charge in [-0.05, 0) is 32.9 Å². The molecule has 7 heteroatoms. The van der Waals surface area contributed by atoms with Crippen LogP contribution in [0.4, 0.5) is 0 Å². The first-order valence-corrected chi connectivity index (χ1v) is 7.16. The van der Waals surface area contributed by atoms with Crippen LogP contribution in [0.3, 0.4) is 0 Å². The first kappa shape index (κ1) is 12.5. The van der Waals surface area contributed by atoms with E-state index >= 15 is 0 Å². The Morgan fingerprint density at radius 1 is 1.41 bits per heavy atom. The number of rotatable bonds is 3. The van der Waals surface area contributed by atoms with Crippen molar-refractivity contribution < 1.29 is 8.42 Å². The number of aryl methyl sites for hydroxylation is 1. The molecular formula is C10H18N4O2S. The molecule has 1 saturated heterocycles. The molecule has 1 fully saturated rings. The molecule has 0 unspecified atom stereocenters. The van der Waals surface area contributed by atoms with E-state index in [-0.39, 0.29) is 11.1 Å². The molecule has 1 aromatic heterocycles. The Bertz CT molecular complexity index is 476. The monoisotopic (exact) mass is 258 g/mol. The van der Waals surface area contributed by atoms with Gasteiger partial charge >= 0.3 is 0 Å². The summed E-state index contributed by atoms with van der Waals surface area (Å²) in [5, 5.41) is 3.40. The number of aromatic nitrogens is 2. The topological polar surface area (TPSA) is 78.1 Å². The number of nitrogens with one attached hydrogen (secondary N) is 2. The van der Waals surface area contributed by atoms with E-state index in [0.29, 0.717) is 5.82 Å². The van der Waals surface area contributed by atoms with E-state index in [1.54, 1.807) is 14.0 Å². The molecule has 0 aliphatic carbocycles. The van der Waals surface area contributed by atoms with Gasteiger partial charge in [-0.15, -0.1) is 0 Å². The van der Waals surface area contributed by atoms with Crippen LogP contribution in [0.15, 0.2) is 11.2 Å². The maximum absolute atomic E-state index is 12.3. The summed E-state index contributed by atoms with van der Waals surface area (Å²) in [6, 6.07) is 0.0739. The van der Waals surface area contributed by atoms with Crippen LogP contribution < -0.4 is 5.32 Å². The summed E-state index contributed by atoms with van der Waals surface area (Å²) in [6.07, 6.45) is 3.08. The Labute approximate surface area is 101 Å². The smallest absolute Gasteiger partial charge is 0.260 e. The van der Waals surface area contributed by atoms with Crippen LogP contribution in [0.5, 0.6) is 0 Å². The van der Waals surface area contributed by atoms with Crippen molar-refractivity contribution in [2.45, 2.75) is 30.8 Å². The van der Waals surface area contributed by atoms with E-state index in [1.165, 1.54) is 10.5 Å². The van der Waals surface area contributed by atoms with Gasteiger partial charge in [-0.25, -0.2) is 13.4 Å². The van der Waals surface area contributed by atoms with E-state index in [1.807, 2.05) is 0 Å². The highest BCUT2D eigenvalue weighted by molar-refractivity contribution is 7.89.